The Kier molecular flexibility index (Phi) is 10.5. The van der Waals surface area contributed by atoms with Crippen LogP contribution in [0.25, 0.3) is 0 Å². The van der Waals surface area contributed by atoms with Crippen molar-refractivity contribution in [3.8, 4) is 0 Å². The highest BCUT2D eigenvalue weighted by Crippen LogP contribution is 2.21. The van der Waals surface area contributed by atoms with E-state index in [-0.39, 0.29) is 31.3 Å². The van der Waals surface area contributed by atoms with Crippen LogP contribution in [0.15, 0.2) is 84.9 Å². The van der Waals surface area contributed by atoms with Gasteiger partial charge in [0.1, 0.15) is 6.04 Å². The highest BCUT2D eigenvalue weighted by atomic mass is 32.2. The lowest BCUT2D eigenvalue weighted by molar-refractivity contribution is -0.141. The Labute approximate surface area is 226 Å². The fourth-order valence-corrected chi connectivity index (χ4v) is 5.37. The van der Waals surface area contributed by atoms with Gasteiger partial charge in [0.25, 0.3) is 0 Å². The summed E-state index contributed by atoms with van der Waals surface area (Å²) in [6.07, 6.45) is 1.97. The number of amides is 2. The maximum Gasteiger partial charge on any atom is 0.243 e. The molecule has 7 nitrogen and oxygen atoms in total. The molecule has 0 bridgehead atoms. The van der Waals surface area contributed by atoms with Crippen molar-refractivity contribution in [2.45, 2.75) is 45.7 Å². The molecule has 1 atom stereocenters. The second-order valence-corrected chi connectivity index (χ2v) is 11.3. The summed E-state index contributed by atoms with van der Waals surface area (Å²) < 4.78 is 26.4. The van der Waals surface area contributed by atoms with Crippen LogP contribution in [-0.4, -0.2) is 50.5 Å². The molecule has 0 saturated carbocycles. The second-order valence-electron chi connectivity index (χ2n) is 9.39. The van der Waals surface area contributed by atoms with E-state index >= 15 is 0 Å². The quantitative estimate of drug-likeness (QED) is 0.353. The number of carbonyl (C=O) groups is 2. The number of carbonyl (C=O) groups excluding carboxylic acids is 2. The first kappa shape index (κ1) is 28.9. The molecule has 0 radical (unpaired) electrons. The number of hydrogen-bond donors (Lipinski definition) is 1. The Bertz CT molecular complexity index is 1300. The van der Waals surface area contributed by atoms with Gasteiger partial charge in [0.05, 0.1) is 11.9 Å². The number of rotatable bonds is 13. The Hall–Kier alpha value is -3.65. The van der Waals surface area contributed by atoms with E-state index in [9.17, 15) is 18.0 Å². The molecule has 1 N–H and O–H groups in total. The van der Waals surface area contributed by atoms with Crippen LogP contribution in [0.1, 0.15) is 36.5 Å². The van der Waals surface area contributed by atoms with Gasteiger partial charge in [-0.3, -0.25) is 13.9 Å². The number of hydrogen-bond acceptors (Lipinski definition) is 4. The molecular formula is C30H37N3O4S. The number of nitrogens with one attached hydrogen (secondary N) is 1. The van der Waals surface area contributed by atoms with Gasteiger partial charge in [-0.25, -0.2) is 8.42 Å². The fourth-order valence-electron chi connectivity index (χ4n) is 4.41. The van der Waals surface area contributed by atoms with Crippen molar-refractivity contribution in [1.82, 2.24) is 10.2 Å². The van der Waals surface area contributed by atoms with Gasteiger partial charge in [-0.05, 0) is 49.1 Å². The van der Waals surface area contributed by atoms with Crippen LogP contribution in [0.5, 0.6) is 0 Å². The summed E-state index contributed by atoms with van der Waals surface area (Å²) in [7, 11) is -3.53. The molecule has 38 heavy (non-hydrogen) atoms. The molecule has 3 rings (SSSR count). The summed E-state index contributed by atoms with van der Waals surface area (Å²) in [5.41, 5.74) is 3.40. The Morgan fingerprint density at radius 2 is 1.53 bits per heavy atom. The zero-order valence-corrected chi connectivity index (χ0v) is 23.2. The number of nitrogens with zero attached hydrogens (tertiary/aromatic N) is 2. The van der Waals surface area contributed by atoms with Crippen molar-refractivity contribution in [3.05, 3.63) is 102 Å². The monoisotopic (exact) mass is 535 g/mol. The minimum absolute atomic E-state index is 0.107. The number of sulfonamides is 1. The van der Waals surface area contributed by atoms with E-state index in [2.05, 4.69) is 5.32 Å². The highest BCUT2D eigenvalue weighted by molar-refractivity contribution is 7.92. The summed E-state index contributed by atoms with van der Waals surface area (Å²) in [6.45, 7) is 4.66. The van der Waals surface area contributed by atoms with E-state index < -0.39 is 16.1 Å². The minimum Gasteiger partial charge on any atom is -0.355 e. The predicted octanol–water partition coefficient (Wildman–Crippen LogP) is 4.32. The third kappa shape index (κ3) is 8.45. The zero-order chi connectivity index (χ0) is 27.5. The molecule has 0 aromatic heterocycles. The van der Waals surface area contributed by atoms with E-state index in [0.717, 1.165) is 16.7 Å². The zero-order valence-electron chi connectivity index (χ0n) is 22.3. The molecule has 3 aromatic carbocycles. The Balaban J connectivity index is 1.84. The van der Waals surface area contributed by atoms with Gasteiger partial charge in [0, 0.05) is 32.5 Å². The van der Waals surface area contributed by atoms with Gasteiger partial charge in [0.15, 0.2) is 0 Å². The fraction of sp³-hybridized carbons (Fsp3) is 0.333. The van der Waals surface area contributed by atoms with Crippen LogP contribution in [0.2, 0.25) is 0 Å². The molecule has 8 heteroatoms. The molecule has 0 saturated heterocycles. The van der Waals surface area contributed by atoms with Crippen LogP contribution >= 0.6 is 0 Å². The summed E-state index contributed by atoms with van der Waals surface area (Å²) in [4.78, 5) is 28.5. The van der Waals surface area contributed by atoms with Crippen molar-refractivity contribution in [1.29, 1.82) is 0 Å². The third-order valence-corrected chi connectivity index (χ3v) is 7.45. The first-order chi connectivity index (χ1) is 18.2. The van der Waals surface area contributed by atoms with Crippen LogP contribution in [-0.2, 0) is 32.6 Å². The van der Waals surface area contributed by atoms with Crippen LogP contribution in [0.3, 0.4) is 0 Å². The molecule has 0 fully saturated rings. The van der Waals surface area contributed by atoms with Crippen LogP contribution in [0.4, 0.5) is 5.69 Å². The molecule has 0 spiro atoms. The van der Waals surface area contributed by atoms with Crippen molar-refractivity contribution >= 4 is 27.5 Å². The molecule has 202 valence electrons. The highest BCUT2D eigenvalue weighted by Gasteiger charge is 2.30. The van der Waals surface area contributed by atoms with Crippen molar-refractivity contribution in [3.63, 3.8) is 0 Å². The Morgan fingerprint density at radius 3 is 2.11 bits per heavy atom. The first-order valence-corrected chi connectivity index (χ1v) is 14.7. The van der Waals surface area contributed by atoms with Crippen LogP contribution in [0, 0.1) is 6.92 Å². The van der Waals surface area contributed by atoms with Gasteiger partial charge < -0.3 is 10.2 Å². The first-order valence-electron chi connectivity index (χ1n) is 12.9. The molecule has 2 amide bonds. The lowest BCUT2D eigenvalue weighted by Gasteiger charge is -2.32. The van der Waals surface area contributed by atoms with E-state index in [1.54, 1.807) is 11.0 Å². The topological polar surface area (TPSA) is 86.8 Å². The van der Waals surface area contributed by atoms with Crippen molar-refractivity contribution < 1.29 is 18.0 Å². The lowest BCUT2D eigenvalue weighted by atomic mass is 10.0. The second kappa shape index (κ2) is 13.8. The van der Waals surface area contributed by atoms with Gasteiger partial charge in [-0.1, -0.05) is 72.8 Å². The maximum absolute atomic E-state index is 13.7. The SMILES string of the molecule is CCNC(=O)C(Cc1ccccc1)N(Cc1ccccc1)C(=O)CCCN(c1cccc(C)c1)S(C)(=O)=O. The van der Waals surface area contributed by atoms with Gasteiger partial charge >= 0.3 is 0 Å². The molecule has 0 aliphatic carbocycles. The van der Waals surface area contributed by atoms with Crippen molar-refractivity contribution in [2.75, 3.05) is 23.7 Å². The molecule has 0 aliphatic heterocycles. The number of anilines is 1. The van der Waals surface area contributed by atoms with Crippen LogP contribution < -0.4 is 9.62 Å². The summed E-state index contributed by atoms with van der Waals surface area (Å²) in [5, 5.41) is 2.89. The Morgan fingerprint density at radius 1 is 0.895 bits per heavy atom. The van der Waals surface area contributed by atoms with E-state index in [1.165, 1.54) is 10.6 Å². The minimum atomic E-state index is -3.53. The largest absolute Gasteiger partial charge is 0.355 e. The van der Waals surface area contributed by atoms with Crippen molar-refractivity contribution in [2.24, 2.45) is 0 Å². The molecule has 1 unspecified atom stereocenters. The third-order valence-electron chi connectivity index (χ3n) is 6.26. The number of likely N-dealkylation sites (N-methyl/N-ethyl adjacent to an activating group) is 1. The molecule has 0 aliphatic rings. The van der Waals surface area contributed by atoms with E-state index in [0.29, 0.717) is 25.1 Å². The summed E-state index contributed by atoms with van der Waals surface area (Å²) in [6, 6.07) is 25.8. The smallest absolute Gasteiger partial charge is 0.243 e. The molecule has 3 aromatic rings. The average molecular weight is 536 g/mol. The van der Waals surface area contributed by atoms with Gasteiger partial charge in [-0.15, -0.1) is 0 Å². The molecular weight excluding hydrogens is 498 g/mol. The summed E-state index contributed by atoms with van der Waals surface area (Å²) >= 11 is 0. The van der Waals surface area contributed by atoms with Gasteiger partial charge in [-0.2, -0.15) is 0 Å². The summed E-state index contributed by atoms with van der Waals surface area (Å²) in [5.74, 6) is -0.406. The average Bonchev–Trinajstić information content (AvgIpc) is 2.89. The standard InChI is InChI=1S/C30H37N3O4S/c1-4-31-30(35)28(22-25-14-7-5-8-15-25)32(23-26-16-9-6-10-17-26)29(34)19-12-20-33(38(3,36)37)27-18-11-13-24(2)21-27/h5-11,13-18,21,28H,4,12,19-20,22-23H2,1-3H3,(H,31,35). The maximum atomic E-state index is 13.7. The predicted molar refractivity (Wildman–Crippen MR) is 152 cm³/mol. The number of benzene rings is 3. The molecule has 0 heterocycles. The van der Waals surface area contributed by atoms with Gasteiger partial charge in [0.2, 0.25) is 21.8 Å². The normalized spacial score (nSPS) is 12.0. The van der Waals surface area contributed by atoms with E-state index in [1.807, 2.05) is 92.7 Å². The van der Waals surface area contributed by atoms with E-state index in [4.69, 9.17) is 0 Å². The number of aryl methyl sites for hydroxylation is 1. The lowest BCUT2D eigenvalue weighted by Crippen LogP contribution is -2.50.